The van der Waals surface area contributed by atoms with Crippen molar-refractivity contribution in [3.63, 3.8) is 0 Å². The van der Waals surface area contributed by atoms with E-state index in [2.05, 4.69) is 24.4 Å². The van der Waals surface area contributed by atoms with Crippen molar-refractivity contribution >= 4 is 23.7 Å². The molecule has 0 aliphatic heterocycles. The van der Waals surface area contributed by atoms with Crippen molar-refractivity contribution in [2.45, 2.75) is 20.3 Å². The maximum absolute atomic E-state index is 12.0. The maximum Gasteiger partial charge on any atom is 0.272 e. The molecule has 24 heavy (non-hydrogen) atoms. The minimum absolute atomic E-state index is 0.342. The maximum atomic E-state index is 12.0. The van der Waals surface area contributed by atoms with Gasteiger partial charge in [0, 0.05) is 0 Å². The van der Waals surface area contributed by atoms with E-state index in [1.165, 1.54) is 0 Å². The molecule has 0 radical (unpaired) electrons. The van der Waals surface area contributed by atoms with E-state index in [0.717, 1.165) is 17.7 Å². The van der Waals surface area contributed by atoms with Gasteiger partial charge < -0.3 is 4.74 Å². The fraction of sp³-hybridized carbons (Fsp3) is 0.263. The lowest BCUT2D eigenvalue weighted by Gasteiger charge is -2.08. The largest absolute Gasteiger partial charge is 0.494 e. The van der Waals surface area contributed by atoms with Gasteiger partial charge in [0.1, 0.15) is 5.75 Å². The molecular weight excluding hydrogens is 324 g/mol. The molecule has 0 aliphatic carbocycles. The van der Waals surface area contributed by atoms with Gasteiger partial charge in [-0.2, -0.15) is 5.10 Å². The van der Waals surface area contributed by atoms with Crippen LogP contribution in [0.1, 0.15) is 36.2 Å². The van der Waals surface area contributed by atoms with E-state index in [9.17, 15) is 4.79 Å². The monoisotopic (exact) mass is 344 g/mol. The molecular formula is C19H21ClN2O2. The topological polar surface area (TPSA) is 50.7 Å². The van der Waals surface area contributed by atoms with Gasteiger partial charge in [0.2, 0.25) is 0 Å². The third-order valence-electron chi connectivity index (χ3n) is 3.34. The summed E-state index contributed by atoms with van der Waals surface area (Å²) in [5.74, 6) is 1.11. The molecule has 0 unspecified atom stereocenters. The molecule has 2 aromatic carbocycles. The van der Waals surface area contributed by atoms with Crippen LogP contribution in [-0.4, -0.2) is 18.7 Å². The second-order valence-corrected chi connectivity index (χ2v) is 6.19. The molecule has 0 heterocycles. The van der Waals surface area contributed by atoms with Crippen LogP contribution in [0.15, 0.2) is 53.6 Å². The van der Waals surface area contributed by atoms with Crippen LogP contribution in [0.25, 0.3) is 0 Å². The fourth-order valence-electron chi connectivity index (χ4n) is 1.93. The molecule has 2 aromatic rings. The van der Waals surface area contributed by atoms with Gasteiger partial charge in [0.05, 0.1) is 23.4 Å². The van der Waals surface area contributed by atoms with E-state index in [0.29, 0.717) is 23.1 Å². The molecule has 5 heteroatoms. The molecule has 126 valence electrons. The SMILES string of the molecule is CC(C)CCOc1ccc(/C=N\NC(=O)c2ccccc2Cl)cc1. The van der Waals surface area contributed by atoms with Crippen LogP contribution in [0.5, 0.6) is 5.75 Å². The molecule has 1 amide bonds. The molecule has 0 aromatic heterocycles. The number of hydrazone groups is 1. The Morgan fingerprint density at radius 2 is 1.92 bits per heavy atom. The molecule has 1 N–H and O–H groups in total. The summed E-state index contributed by atoms with van der Waals surface area (Å²) < 4.78 is 5.66. The zero-order valence-corrected chi connectivity index (χ0v) is 14.6. The van der Waals surface area contributed by atoms with Crippen LogP contribution in [-0.2, 0) is 0 Å². The van der Waals surface area contributed by atoms with Crippen molar-refractivity contribution in [1.29, 1.82) is 0 Å². The molecule has 0 spiro atoms. The third-order valence-corrected chi connectivity index (χ3v) is 3.67. The number of hydrogen-bond acceptors (Lipinski definition) is 3. The first-order valence-electron chi connectivity index (χ1n) is 7.87. The number of amides is 1. The van der Waals surface area contributed by atoms with Crippen LogP contribution in [0.4, 0.5) is 0 Å². The molecule has 0 fully saturated rings. The van der Waals surface area contributed by atoms with Crippen molar-refractivity contribution in [3.05, 3.63) is 64.7 Å². The highest BCUT2D eigenvalue weighted by atomic mass is 35.5. The molecule has 0 saturated carbocycles. The summed E-state index contributed by atoms with van der Waals surface area (Å²) in [6.07, 6.45) is 2.60. The number of halogens is 1. The van der Waals surface area contributed by atoms with Gasteiger partial charge in [-0.05, 0) is 54.3 Å². The number of benzene rings is 2. The Kier molecular flexibility index (Phi) is 6.82. The van der Waals surface area contributed by atoms with Crippen LogP contribution in [0.2, 0.25) is 5.02 Å². The number of ether oxygens (including phenoxy) is 1. The highest BCUT2D eigenvalue weighted by Gasteiger charge is 2.07. The summed E-state index contributed by atoms with van der Waals surface area (Å²) in [4.78, 5) is 12.0. The Balaban J connectivity index is 1.86. The second-order valence-electron chi connectivity index (χ2n) is 5.78. The predicted molar refractivity (Wildman–Crippen MR) is 97.9 cm³/mol. The smallest absolute Gasteiger partial charge is 0.272 e. The van der Waals surface area contributed by atoms with Crippen molar-refractivity contribution in [3.8, 4) is 5.75 Å². The van der Waals surface area contributed by atoms with Gasteiger partial charge in [-0.15, -0.1) is 0 Å². The quantitative estimate of drug-likeness (QED) is 0.592. The Labute approximate surface area is 147 Å². The van der Waals surface area contributed by atoms with Crippen molar-refractivity contribution in [2.24, 2.45) is 11.0 Å². The van der Waals surface area contributed by atoms with E-state index in [1.54, 1.807) is 30.5 Å². The summed E-state index contributed by atoms with van der Waals surface area (Å²) in [6, 6.07) is 14.4. The van der Waals surface area contributed by atoms with Crippen LogP contribution >= 0.6 is 11.6 Å². The van der Waals surface area contributed by atoms with Crippen LogP contribution in [0.3, 0.4) is 0 Å². The van der Waals surface area contributed by atoms with Crippen molar-refractivity contribution in [1.82, 2.24) is 5.43 Å². The number of carbonyl (C=O) groups is 1. The first-order valence-corrected chi connectivity index (χ1v) is 8.25. The van der Waals surface area contributed by atoms with Crippen LogP contribution < -0.4 is 10.2 Å². The van der Waals surface area contributed by atoms with Crippen LogP contribution in [0, 0.1) is 5.92 Å². The summed E-state index contributed by atoms with van der Waals surface area (Å²) in [7, 11) is 0. The second kappa shape index (κ2) is 9.08. The lowest BCUT2D eigenvalue weighted by Crippen LogP contribution is -2.17. The van der Waals surface area contributed by atoms with E-state index >= 15 is 0 Å². The van der Waals surface area contributed by atoms with Gasteiger partial charge in [0.15, 0.2) is 0 Å². The Morgan fingerprint density at radius 1 is 1.21 bits per heavy atom. The van der Waals surface area contributed by atoms with Gasteiger partial charge >= 0.3 is 0 Å². The van der Waals surface area contributed by atoms with Crippen molar-refractivity contribution < 1.29 is 9.53 Å². The predicted octanol–water partition coefficient (Wildman–Crippen LogP) is 4.53. The average molecular weight is 345 g/mol. The lowest BCUT2D eigenvalue weighted by molar-refractivity contribution is 0.0955. The standard InChI is InChI=1S/C19H21ClN2O2/c1-14(2)11-12-24-16-9-7-15(8-10-16)13-21-22-19(23)17-5-3-4-6-18(17)20/h3-10,13-14H,11-12H2,1-2H3,(H,22,23)/b21-13-. The zero-order valence-electron chi connectivity index (χ0n) is 13.8. The highest BCUT2D eigenvalue weighted by Crippen LogP contribution is 2.15. The Morgan fingerprint density at radius 3 is 2.58 bits per heavy atom. The minimum atomic E-state index is -0.342. The fourth-order valence-corrected chi connectivity index (χ4v) is 2.16. The molecule has 0 bridgehead atoms. The Hall–Kier alpha value is -2.33. The van der Waals surface area contributed by atoms with E-state index in [4.69, 9.17) is 16.3 Å². The minimum Gasteiger partial charge on any atom is -0.494 e. The summed E-state index contributed by atoms with van der Waals surface area (Å²) in [5, 5.41) is 4.35. The lowest BCUT2D eigenvalue weighted by atomic mass is 10.1. The van der Waals surface area contributed by atoms with Gasteiger partial charge in [0.25, 0.3) is 5.91 Å². The number of nitrogens with one attached hydrogen (secondary N) is 1. The normalized spacial score (nSPS) is 11.0. The average Bonchev–Trinajstić information content (AvgIpc) is 2.56. The number of rotatable bonds is 7. The van der Waals surface area contributed by atoms with Crippen molar-refractivity contribution in [2.75, 3.05) is 6.61 Å². The molecule has 0 saturated heterocycles. The van der Waals surface area contributed by atoms with Gasteiger partial charge in [-0.1, -0.05) is 37.6 Å². The molecule has 0 aliphatic rings. The van der Waals surface area contributed by atoms with Gasteiger partial charge in [-0.25, -0.2) is 5.43 Å². The molecule has 2 rings (SSSR count). The summed E-state index contributed by atoms with van der Waals surface area (Å²) in [5.41, 5.74) is 3.72. The van der Waals surface area contributed by atoms with E-state index in [1.807, 2.05) is 24.3 Å². The molecule has 0 atom stereocenters. The number of carbonyl (C=O) groups excluding carboxylic acids is 1. The Bertz CT molecular complexity index is 697. The third kappa shape index (κ3) is 5.70. The summed E-state index contributed by atoms with van der Waals surface area (Å²) >= 11 is 5.97. The first-order chi connectivity index (χ1) is 11.6. The number of hydrogen-bond donors (Lipinski definition) is 1. The highest BCUT2D eigenvalue weighted by molar-refractivity contribution is 6.33. The number of nitrogens with zero attached hydrogens (tertiary/aromatic N) is 1. The van der Waals surface area contributed by atoms with E-state index in [-0.39, 0.29) is 5.91 Å². The van der Waals surface area contributed by atoms with Gasteiger partial charge in [-0.3, -0.25) is 4.79 Å². The first kappa shape index (κ1) is 18.0. The van der Waals surface area contributed by atoms with E-state index < -0.39 is 0 Å². The molecule has 4 nitrogen and oxygen atoms in total. The zero-order chi connectivity index (χ0) is 17.4. The summed E-state index contributed by atoms with van der Waals surface area (Å²) in [6.45, 7) is 5.04.